The molecule has 0 saturated carbocycles. The number of nitrogen functional groups attached to an aromatic ring is 1. The summed E-state index contributed by atoms with van der Waals surface area (Å²) in [5, 5.41) is 17.5. The van der Waals surface area contributed by atoms with Crippen LogP contribution in [0.4, 0.5) is 34.1 Å². The molecular weight excluding hydrogens is 474 g/mol. The molecule has 0 heterocycles. The topological polar surface area (TPSA) is 180 Å². The van der Waals surface area contributed by atoms with E-state index in [2.05, 4.69) is 20.7 Å². The Morgan fingerprint density at radius 3 is 1.97 bits per heavy atom. The summed E-state index contributed by atoms with van der Waals surface area (Å²) in [4.78, 5) is 33.9. The highest BCUT2D eigenvalue weighted by Crippen LogP contribution is 2.35. The van der Waals surface area contributed by atoms with Crippen molar-refractivity contribution in [1.82, 2.24) is 0 Å². The molecule has 0 fully saturated rings. The minimum Gasteiger partial charge on any atom is -0.478 e. The van der Waals surface area contributed by atoms with E-state index in [1.807, 2.05) is 0 Å². The highest BCUT2D eigenvalue weighted by atomic mass is 32.2. The van der Waals surface area contributed by atoms with Gasteiger partial charge in [0.1, 0.15) is 4.90 Å². The number of carboxylic acid groups (broad SMARTS) is 1. The molecule has 11 nitrogen and oxygen atoms in total. The van der Waals surface area contributed by atoms with Crippen molar-refractivity contribution < 1.29 is 27.9 Å². The second-order valence-electron chi connectivity index (χ2n) is 7.46. The van der Waals surface area contributed by atoms with E-state index in [4.69, 9.17) is 5.73 Å². The molecule has 3 aromatic rings. The molecule has 0 aromatic heterocycles. The summed E-state index contributed by atoms with van der Waals surface area (Å²) in [5.74, 6) is -2.02. The zero-order valence-corrected chi connectivity index (χ0v) is 19.6. The largest absolute Gasteiger partial charge is 0.478 e. The Bertz CT molecular complexity index is 1400. The van der Waals surface area contributed by atoms with Gasteiger partial charge in [-0.1, -0.05) is 12.1 Å². The van der Waals surface area contributed by atoms with Gasteiger partial charge >= 0.3 is 5.97 Å². The maximum atomic E-state index is 13.4. The molecule has 0 aliphatic heterocycles. The molecule has 0 spiro atoms. The Morgan fingerprint density at radius 1 is 0.829 bits per heavy atom. The molecule has 182 valence electrons. The highest BCUT2D eigenvalue weighted by molar-refractivity contribution is 7.93. The van der Waals surface area contributed by atoms with Crippen LogP contribution < -0.4 is 26.4 Å². The van der Waals surface area contributed by atoms with E-state index < -0.39 is 26.8 Å². The number of carbonyl (C=O) groups excluding carboxylic acids is 2. The van der Waals surface area contributed by atoms with Crippen LogP contribution in [0.1, 0.15) is 24.2 Å². The van der Waals surface area contributed by atoms with Crippen molar-refractivity contribution in [3.8, 4) is 0 Å². The standard InChI is InChI=1S/C23H23N5O6S/c1-13(29)25-16-7-9-17(10-8-16)27-22-18(24)11-15(23(31)32)12-21(22)35(33,34)28-20-6-4-3-5-19(20)26-14(2)30/h3-12,27-28H,24H2,1-2H3,(H,25,29)(H,26,30)(H,31,32). The Balaban J connectivity index is 2.05. The third-order valence-electron chi connectivity index (χ3n) is 4.63. The summed E-state index contributed by atoms with van der Waals surface area (Å²) in [5.41, 5.74) is 6.82. The normalized spacial score (nSPS) is 10.8. The minimum atomic E-state index is -4.39. The third kappa shape index (κ3) is 6.26. The molecule has 0 aliphatic rings. The summed E-state index contributed by atoms with van der Waals surface area (Å²) in [6, 6.07) is 14.6. The van der Waals surface area contributed by atoms with E-state index in [1.54, 1.807) is 36.4 Å². The molecule has 0 aliphatic carbocycles. The zero-order chi connectivity index (χ0) is 25.8. The summed E-state index contributed by atoms with van der Waals surface area (Å²) >= 11 is 0. The van der Waals surface area contributed by atoms with E-state index in [0.29, 0.717) is 11.4 Å². The second kappa shape index (κ2) is 10.1. The van der Waals surface area contributed by atoms with E-state index in [0.717, 1.165) is 12.1 Å². The molecule has 2 amide bonds. The number of anilines is 6. The van der Waals surface area contributed by atoms with Gasteiger partial charge in [0, 0.05) is 25.2 Å². The lowest BCUT2D eigenvalue weighted by Crippen LogP contribution is -2.18. The summed E-state index contributed by atoms with van der Waals surface area (Å²) in [7, 11) is -4.39. The second-order valence-corrected chi connectivity index (χ2v) is 9.11. The van der Waals surface area contributed by atoms with Crippen molar-refractivity contribution in [2.45, 2.75) is 18.7 Å². The molecule has 35 heavy (non-hydrogen) atoms. The molecular formula is C23H23N5O6S. The lowest BCUT2D eigenvalue weighted by atomic mass is 10.1. The average molecular weight is 498 g/mol. The fourth-order valence-electron chi connectivity index (χ4n) is 3.16. The average Bonchev–Trinajstić information content (AvgIpc) is 2.76. The first-order chi connectivity index (χ1) is 16.5. The van der Waals surface area contributed by atoms with Crippen LogP contribution in [0, 0.1) is 0 Å². The van der Waals surface area contributed by atoms with Gasteiger partial charge in [-0.2, -0.15) is 0 Å². The third-order valence-corrected chi connectivity index (χ3v) is 6.02. The SMILES string of the molecule is CC(=O)Nc1ccc(Nc2c(N)cc(C(=O)O)cc2S(=O)(=O)Nc2ccccc2NC(C)=O)cc1. The predicted molar refractivity (Wildman–Crippen MR) is 133 cm³/mol. The van der Waals surface area contributed by atoms with Gasteiger partial charge in [-0.3, -0.25) is 14.3 Å². The number of rotatable bonds is 8. The van der Waals surface area contributed by atoms with Gasteiger partial charge in [-0.15, -0.1) is 0 Å². The van der Waals surface area contributed by atoms with Gasteiger partial charge in [0.15, 0.2) is 0 Å². The number of sulfonamides is 1. The number of carbonyl (C=O) groups is 3. The molecule has 0 unspecified atom stereocenters. The molecule has 0 saturated heterocycles. The van der Waals surface area contributed by atoms with Crippen molar-refractivity contribution in [3.63, 3.8) is 0 Å². The molecule has 7 N–H and O–H groups in total. The maximum absolute atomic E-state index is 13.4. The summed E-state index contributed by atoms with van der Waals surface area (Å²) < 4.78 is 29.2. The van der Waals surface area contributed by atoms with Crippen LogP contribution in [-0.4, -0.2) is 31.3 Å². The van der Waals surface area contributed by atoms with Crippen molar-refractivity contribution >= 4 is 61.9 Å². The van der Waals surface area contributed by atoms with Crippen LogP contribution in [0.3, 0.4) is 0 Å². The van der Waals surface area contributed by atoms with E-state index in [-0.39, 0.29) is 34.2 Å². The Kier molecular flexibility index (Phi) is 7.25. The van der Waals surface area contributed by atoms with Gasteiger partial charge in [0.2, 0.25) is 11.8 Å². The molecule has 12 heteroatoms. The molecule has 0 radical (unpaired) electrons. The molecule has 3 rings (SSSR count). The van der Waals surface area contributed by atoms with Crippen molar-refractivity contribution in [2.75, 3.05) is 26.4 Å². The van der Waals surface area contributed by atoms with Gasteiger partial charge in [0.05, 0.1) is 28.3 Å². The number of benzene rings is 3. The first kappa shape index (κ1) is 25.1. The van der Waals surface area contributed by atoms with Crippen LogP contribution >= 0.6 is 0 Å². The first-order valence-corrected chi connectivity index (χ1v) is 11.7. The summed E-state index contributed by atoms with van der Waals surface area (Å²) in [6.45, 7) is 2.65. The van der Waals surface area contributed by atoms with Gasteiger partial charge < -0.3 is 26.8 Å². The van der Waals surface area contributed by atoms with Gasteiger partial charge in [-0.25, -0.2) is 13.2 Å². The monoisotopic (exact) mass is 497 g/mol. The van der Waals surface area contributed by atoms with Gasteiger partial charge in [-0.05, 0) is 48.5 Å². The Morgan fingerprint density at radius 2 is 1.40 bits per heavy atom. The van der Waals surface area contributed by atoms with E-state index >= 15 is 0 Å². The van der Waals surface area contributed by atoms with Crippen LogP contribution in [0.5, 0.6) is 0 Å². The number of para-hydroxylation sites is 2. The van der Waals surface area contributed by atoms with Crippen LogP contribution in [0.25, 0.3) is 0 Å². The van der Waals surface area contributed by atoms with Crippen molar-refractivity contribution in [1.29, 1.82) is 0 Å². The van der Waals surface area contributed by atoms with Crippen LogP contribution in [0.15, 0.2) is 65.6 Å². The Labute approximate surface area is 201 Å². The number of hydrogen-bond acceptors (Lipinski definition) is 7. The fourth-order valence-corrected chi connectivity index (χ4v) is 4.46. The quantitative estimate of drug-likeness (QED) is 0.256. The van der Waals surface area contributed by atoms with E-state index in [1.165, 1.54) is 26.0 Å². The van der Waals surface area contributed by atoms with Crippen LogP contribution in [-0.2, 0) is 19.6 Å². The Hall–Kier alpha value is -4.58. The lowest BCUT2D eigenvalue weighted by molar-refractivity contribution is -0.115. The summed E-state index contributed by atoms with van der Waals surface area (Å²) in [6.07, 6.45) is 0. The first-order valence-electron chi connectivity index (χ1n) is 10.2. The lowest BCUT2D eigenvalue weighted by Gasteiger charge is -2.18. The number of nitrogens with two attached hydrogens (primary N) is 1. The van der Waals surface area contributed by atoms with Crippen LogP contribution in [0.2, 0.25) is 0 Å². The smallest absolute Gasteiger partial charge is 0.335 e. The number of carboxylic acids is 1. The van der Waals surface area contributed by atoms with Gasteiger partial charge in [0.25, 0.3) is 10.0 Å². The minimum absolute atomic E-state index is 0.0493. The van der Waals surface area contributed by atoms with E-state index in [9.17, 15) is 27.9 Å². The van der Waals surface area contributed by atoms with Crippen molar-refractivity contribution in [3.05, 3.63) is 66.2 Å². The highest BCUT2D eigenvalue weighted by Gasteiger charge is 2.25. The predicted octanol–water partition coefficient (Wildman–Crippen LogP) is 3.43. The maximum Gasteiger partial charge on any atom is 0.335 e. The number of aromatic carboxylic acids is 1. The number of amides is 2. The van der Waals surface area contributed by atoms with Crippen molar-refractivity contribution in [2.24, 2.45) is 0 Å². The zero-order valence-electron chi connectivity index (χ0n) is 18.7. The number of nitrogens with one attached hydrogen (secondary N) is 4. The fraction of sp³-hybridized carbons (Fsp3) is 0.0870. The molecule has 0 atom stereocenters. The molecule has 0 bridgehead atoms. The molecule has 3 aromatic carbocycles. The number of hydrogen-bond donors (Lipinski definition) is 6.